The molecule has 0 radical (unpaired) electrons. The smallest absolute Gasteiger partial charge is 0.382 e. The van der Waals surface area contributed by atoms with Crippen molar-refractivity contribution in [3.63, 3.8) is 0 Å². The lowest BCUT2D eigenvalue weighted by molar-refractivity contribution is -0.0633. The van der Waals surface area contributed by atoms with E-state index >= 15 is 0 Å². The van der Waals surface area contributed by atoms with Crippen LogP contribution in [-0.2, 0) is 36.3 Å². The number of phosphoric ester groups is 1. The summed E-state index contributed by atoms with van der Waals surface area (Å²) in [6, 6.07) is 0. The van der Waals surface area contributed by atoms with Gasteiger partial charge < -0.3 is 40.1 Å². The van der Waals surface area contributed by atoms with E-state index in [1.54, 1.807) is 13.2 Å². The molecule has 1 aromatic heterocycles. The predicted molar refractivity (Wildman–Crippen MR) is 151 cm³/mol. The van der Waals surface area contributed by atoms with Crippen molar-refractivity contribution in [2.24, 2.45) is 0 Å². The van der Waals surface area contributed by atoms with Crippen molar-refractivity contribution in [3.8, 4) is 11.8 Å². The molecule has 24 heteroatoms. The zero-order valence-electron chi connectivity index (χ0n) is 20.4. The van der Waals surface area contributed by atoms with Crippen LogP contribution in [0.5, 0.6) is 0 Å². The highest BCUT2D eigenvalue weighted by Crippen LogP contribution is 2.66. The Balaban J connectivity index is 2.25. The first kappa shape index (κ1) is 35.7. The number of carbonyl (C=O) groups excluding carboxylic acids is 1. The van der Waals surface area contributed by atoms with Crippen LogP contribution >= 0.6 is 67.6 Å². The molecule has 0 spiro atoms. The number of nitrogen functional groups attached to an aromatic ring is 1. The number of aromatic nitrogens is 2. The third-order valence-corrected chi connectivity index (χ3v) is 10.6. The minimum Gasteiger partial charge on any atom is -0.382 e. The molecule has 2 heterocycles. The molecule has 0 aliphatic carbocycles. The third kappa shape index (κ3) is 12.4. The number of nitrogens with one attached hydrogen (secondary N) is 1. The summed E-state index contributed by atoms with van der Waals surface area (Å²) < 4.78 is 59.1. The highest BCUT2D eigenvalue weighted by molar-refractivity contribution is 14.1. The Morgan fingerprint density at radius 3 is 2.60 bits per heavy atom. The molecule has 18 nitrogen and oxygen atoms in total. The van der Waals surface area contributed by atoms with Crippen molar-refractivity contribution >= 4 is 77.4 Å². The molecule has 1 saturated heterocycles. The van der Waals surface area contributed by atoms with E-state index in [2.05, 4.69) is 30.8 Å². The molecule has 6 atom stereocenters. The molecule has 1 aliphatic heterocycles. The van der Waals surface area contributed by atoms with Crippen molar-refractivity contribution in [2.75, 3.05) is 25.1 Å². The van der Waals surface area contributed by atoms with Gasteiger partial charge in [-0.05, 0) is 13.2 Å². The van der Waals surface area contributed by atoms with Crippen LogP contribution in [0.25, 0.3) is 0 Å². The van der Waals surface area contributed by atoms with Gasteiger partial charge in [0.25, 0.3) is 3.91 Å². The summed E-state index contributed by atoms with van der Waals surface area (Å²) >= 11 is 1.53. The largest absolute Gasteiger partial charge is 0.490 e. The fraction of sp³-hybridized carbons (Fsp3) is 0.562. The van der Waals surface area contributed by atoms with Crippen LogP contribution < -0.4 is 16.7 Å². The Labute approximate surface area is 248 Å². The summed E-state index contributed by atoms with van der Waals surface area (Å²) in [5, 5.41) is 2.46. The van der Waals surface area contributed by atoms with Gasteiger partial charge in [-0.15, -0.1) is 0 Å². The van der Waals surface area contributed by atoms with E-state index in [0.717, 1.165) is 4.57 Å². The van der Waals surface area contributed by atoms with Crippen molar-refractivity contribution in [2.45, 2.75) is 37.2 Å². The maximum atomic E-state index is 12.6. The Morgan fingerprint density at radius 2 is 2.00 bits per heavy atom. The van der Waals surface area contributed by atoms with Gasteiger partial charge in [-0.25, -0.2) is 18.5 Å². The van der Waals surface area contributed by atoms with Gasteiger partial charge in [0.1, 0.15) is 23.6 Å². The number of anilines is 1. The molecule has 0 saturated carbocycles. The van der Waals surface area contributed by atoms with E-state index in [9.17, 15) is 33.1 Å². The number of halogens is 1. The molecular weight excluding hydrogens is 756 g/mol. The lowest BCUT2D eigenvalue weighted by atomic mass is 10.2. The van der Waals surface area contributed by atoms with E-state index in [-0.39, 0.29) is 28.3 Å². The van der Waals surface area contributed by atoms with Gasteiger partial charge in [0.15, 0.2) is 0 Å². The highest BCUT2D eigenvalue weighted by Gasteiger charge is 2.44. The SMILES string of the molecule is CSS[C@@H](C)OC1CC(n2cc(C#CCNC(=O)I)c(N)nc2=O)OC1COP(=O)(O)OP(=O)(O)OP(=O)(O)O. The van der Waals surface area contributed by atoms with Crippen LogP contribution in [0.15, 0.2) is 11.0 Å². The van der Waals surface area contributed by atoms with Crippen LogP contribution in [0.3, 0.4) is 0 Å². The van der Waals surface area contributed by atoms with Gasteiger partial charge in [-0.1, -0.05) is 33.4 Å². The number of carbonyl (C=O) groups is 1. The number of phosphoric acid groups is 3. The fourth-order valence-electron chi connectivity index (χ4n) is 3.08. The molecule has 0 aromatic carbocycles. The summed E-state index contributed by atoms with van der Waals surface area (Å²) in [5.74, 6) is 5.16. The first-order valence-corrected chi connectivity index (χ1v) is 18.7. The fourth-order valence-corrected chi connectivity index (χ4v) is 7.71. The van der Waals surface area contributed by atoms with Crippen LogP contribution in [-0.4, -0.2) is 70.1 Å². The Hall–Kier alpha value is -0.530. The molecule has 1 aromatic rings. The molecule has 5 unspecified atom stereocenters. The van der Waals surface area contributed by atoms with E-state index in [0.29, 0.717) is 0 Å². The summed E-state index contributed by atoms with van der Waals surface area (Å²) in [4.78, 5) is 63.8. The quantitative estimate of drug-likeness (QED) is 0.0316. The molecule has 226 valence electrons. The lowest BCUT2D eigenvalue weighted by Crippen LogP contribution is -2.31. The zero-order valence-corrected chi connectivity index (χ0v) is 26.9. The number of nitrogens with two attached hydrogens (primary N) is 1. The molecule has 0 bridgehead atoms. The topological polar surface area (TPSA) is 268 Å². The van der Waals surface area contributed by atoms with Gasteiger partial charge in [0, 0.05) is 35.2 Å². The van der Waals surface area contributed by atoms with Gasteiger partial charge >= 0.3 is 29.2 Å². The average molecular weight is 780 g/mol. The third-order valence-electron chi connectivity index (χ3n) is 4.43. The van der Waals surface area contributed by atoms with E-state index in [1.165, 1.54) is 50.4 Å². The second-order valence-electron chi connectivity index (χ2n) is 7.42. The normalized spacial score (nSPS) is 22.9. The summed E-state index contributed by atoms with van der Waals surface area (Å²) in [5.41, 5.74) is 4.70. The molecule has 1 aliphatic rings. The first-order valence-electron chi connectivity index (χ1n) is 10.5. The highest BCUT2D eigenvalue weighted by atomic mass is 127. The second kappa shape index (κ2) is 15.3. The van der Waals surface area contributed by atoms with Gasteiger partial charge in [0.2, 0.25) is 0 Å². The molecule has 7 N–H and O–H groups in total. The maximum absolute atomic E-state index is 12.6. The van der Waals surface area contributed by atoms with E-state index < -0.39 is 59.6 Å². The number of ether oxygens (including phenoxy) is 2. The monoisotopic (exact) mass is 780 g/mol. The average Bonchev–Trinajstić information content (AvgIpc) is 3.16. The van der Waals surface area contributed by atoms with E-state index in [4.69, 9.17) is 29.5 Å². The van der Waals surface area contributed by atoms with Crippen LogP contribution in [0.2, 0.25) is 0 Å². The number of amides is 1. The van der Waals surface area contributed by atoms with Crippen molar-refractivity contribution < 1.29 is 60.7 Å². The molecule has 1 fully saturated rings. The van der Waals surface area contributed by atoms with Gasteiger partial charge in [-0.2, -0.15) is 13.6 Å². The number of nitrogens with zero attached hydrogens (tertiary/aromatic N) is 2. The number of rotatable bonds is 13. The van der Waals surface area contributed by atoms with E-state index in [1.807, 2.05) is 0 Å². The summed E-state index contributed by atoms with van der Waals surface area (Å²) in [6.45, 7) is 0.929. The zero-order chi connectivity index (χ0) is 30.3. The van der Waals surface area contributed by atoms with Crippen molar-refractivity contribution in [1.82, 2.24) is 14.9 Å². The van der Waals surface area contributed by atoms with Crippen molar-refractivity contribution in [1.29, 1.82) is 0 Å². The molecule has 40 heavy (non-hydrogen) atoms. The lowest BCUT2D eigenvalue weighted by Gasteiger charge is -2.23. The molecule has 1 amide bonds. The number of hydrogen-bond donors (Lipinski definition) is 6. The second-order valence-corrected chi connectivity index (χ2v) is 15.6. The van der Waals surface area contributed by atoms with Crippen molar-refractivity contribution in [3.05, 3.63) is 22.2 Å². The molecular formula is C16H24IN4O14P3S2. The van der Waals surface area contributed by atoms with Gasteiger partial charge in [0.05, 0.1) is 24.8 Å². The minimum absolute atomic E-state index is 0.00382. The maximum Gasteiger partial charge on any atom is 0.490 e. The van der Waals surface area contributed by atoms with Gasteiger partial charge in [-0.3, -0.25) is 13.9 Å². The van der Waals surface area contributed by atoms with Crippen LogP contribution in [0, 0.1) is 11.8 Å². The molecule has 2 rings (SSSR count). The van der Waals surface area contributed by atoms with Crippen LogP contribution in [0.4, 0.5) is 10.6 Å². The predicted octanol–water partition coefficient (Wildman–Crippen LogP) is 1.69. The Kier molecular flexibility index (Phi) is 13.6. The standard InChI is InChI=1S/C16H24IN4O14P3S2/c1-9(40-39-2)32-11-6-13(21-7-10(14(18)20-16(21)23)4-3-5-19-15(17)22)33-12(11)8-31-37(27,28)35-38(29,30)34-36(24,25)26/h7,9,11-13H,5-6,8H2,1-2H3,(H,19,22)(H,27,28)(H,29,30)(H2,18,20,23)(H2,24,25,26)/t9-,11?,12?,13?/m0/s1. The summed E-state index contributed by atoms with van der Waals surface area (Å²) in [7, 11) is -14.0. The Bertz CT molecular complexity index is 1340. The first-order chi connectivity index (χ1) is 18.4. The Morgan fingerprint density at radius 1 is 1.32 bits per heavy atom. The number of hydrogen-bond acceptors (Lipinski definition) is 14. The van der Waals surface area contributed by atoms with Crippen LogP contribution in [0.1, 0.15) is 25.1 Å². The summed E-state index contributed by atoms with van der Waals surface area (Å²) in [6.07, 6.45) is 0.0193. The minimum atomic E-state index is -5.72.